The topological polar surface area (TPSA) is 107 Å². The van der Waals surface area contributed by atoms with Crippen molar-refractivity contribution in [3.05, 3.63) is 86.5 Å². The largest absolute Gasteiger partial charge is 0.347 e. The van der Waals surface area contributed by atoms with E-state index < -0.39 is 29.4 Å². The van der Waals surface area contributed by atoms with Gasteiger partial charge in [-0.15, -0.1) is 11.3 Å². The van der Waals surface area contributed by atoms with Crippen LogP contribution in [0.2, 0.25) is 0 Å². The molecule has 12 heteroatoms. The second-order valence-electron chi connectivity index (χ2n) is 9.22. The summed E-state index contributed by atoms with van der Waals surface area (Å²) >= 11 is 1.27. The summed E-state index contributed by atoms with van der Waals surface area (Å²) in [4.78, 5) is 41.8. The Bertz CT molecular complexity index is 1580. The summed E-state index contributed by atoms with van der Waals surface area (Å²) in [5.41, 5.74) is 1.87. The first-order valence-corrected chi connectivity index (χ1v) is 13.1. The fourth-order valence-corrected chi connectivity index (χ4v) is 5.56. The van der Waals surface area contributed by atoms with Crippen LogP contribution in [0, 0.1) is 17.5 Å². The van der Waals surface area contributed by atoms with Crippen LogP contribution in [0.3, 0.4) is 0 Å². The second kappa shape index (κ2) is 10.9. The molecule has 1 atom stereocenters. The smallest absolute Gasteiger partial charge is 0.261 e. The van der Waals surface area contributed by atoms with Gasteiger partial charge in [0.15, 0.2) is 11.6 Å². The van der Waals surface area contributed by atoms with Crippen LogP contribution in [-0.4, -0.2) is 45.4 Å². The zero-order valence-corrected chi connectivity index (χ0v) is 21.6. The number of nitrogens with zero attached hydrogens (tertiary/aromatic N) is 2. The second-order valence-corrected chi connectivity index (χ2v) is 10.4. The van der Waals surface area contributed by atoms with Gasteiger partial charge in [0.1, 0.15) is 11.9 Å². The van der Waals surface area contributed by atoms with Crippen molar-refractivity contribution < 1.29 is 27.6 Å². The Morgan fingerprint density at radius 1 is 1.08 bits per heavy atom. The van der Waals surface area contributed by atoms with Gasteiger partial charge < -0.3 is 15.5 Å². The molecular weight excluding hydrogens is 531 g/mol. The maximum atomic E-state index is 13.9. The molecule has 0 saturated heterocycles. The molecule has 0 saturated carbocycles. The van der Waals surface area contributed by atoms with Gasteiger partial charge in [-0.25, -0.2) is 13.2 Å². The number of aromatic nitrogens is 2. The highest BCUT2D eigenvalue weighted by Crippen LogP contribution is 2.29. The van der Waals surface area contributed by atoms with E-state index in [1.54, 1.807) is 35.4 Å². The van der Waals surface area contributed by atoms with Crippen LogP contribution in [0.1, 0.15) is 49.4 Å². The standard InChI is InChI=1S/C27H24F3N5O3S/c1-2-21(33-25(36)14-3-4-22-16(7-14)12-32-34-22)27(38)35-6-5-23-17(13-35)9-24(39-23)26(37)31-11-15-8-19(29)20(30)10-18(15)28/h3-4,7-10,12,21H,2,5-6,11,13H2,1H3,(H,31,37)(H,32,34)(H,33,36)/t21-/m1/s1. The van der Waals surface area contributed by atoms with E-state index >= 15 is 0 Å². The molecule has 1 aliphatic rings. The van der Waals surface area contributed by atoms with Gasteiger partial charge in [0.25, 0.3) is 11.8 Å². The molecule has 0 radical (unpaired) electrons. The third-order valence-corrected chi connectivity index (χ3v) is 7.88. The molecule has 1 aliphatic heterocycles. The van der Waals surface area contributed by atoms with Crippen LogP contribution in [0.4, 0.5) is 13.2 Å². The first-order chi connectivity index (χ1) is 18.7. The molecular formula is C27H24F3N5O3S. The van der Waals surface area contributed by atoms with Crippen LogP contribution >= 0.6 is 11.3 Å². The van der Waals surface area contributed by atoms with Crippen molar-refractivity contribution in [1.82, 2.24) is 25.7 Å². The van der Waals surface area contributed by atoms with Crippen molar-refractivity contribution >= 4 is 40.0 Å². The van der Waals surface area contributed by atoms with Crippen molar-refractivity contribution in [2.24, 2.45) is 0 Å². The molecule has 4 aromatic rings. The van der Waals surface area contributed by atoms with Crippen molar-refractivity contribution in [1.29, 1.82) is 0 Å². The van der Waals surface area contributed by atoms with Gasteiger partial charge in [0, 0.05) is 47.1 Å². The van der Waals surface area contributed by atoms with E-state index in [1.165, 1.54) is 11.3 Å². The normalized spacial score (nSPS) is 13.7. The minimum absolute atomic E-state index is 0.169. The Hall–Kier alpha value is -4.19. The lowest BCUT2D eigenvalue weighted by molar-refractivity contribution is -0.134. The number of thiophene rings is 1. The number of carbonyl (C=O) groups is 3. The number of amides is 3. The number of benzene rings is 2. The molecule has 3 N–H and O–H groups in total. The molecule has 5 rings (SSSR count). The molecule has 0 bridgehead atoms. The summed E-state index contributed by atoms with van der Waals surface area (Å²) < 4.78 is 40.5. The SMILES string of the molecule is CC[C@@H](NC(=O)c1ccc2[nH]ncc2c1)C(=O)N1CCc2sc(C(=O)NCc3cc(F)c(F)cc3F)cc2C1. The van der Waals surface area contributed by atoms with E-state index in [2.05, 4.69) is 20.8 Å². The minimum atomic E-state index is -1.30. The lowest BCUT2D eigenvalue weighted by Gasteiger charge is -2.30. The summed E-state index contributed by atoms with van der Waals surface area (Å²) in [5.74, 6) is -4.50. The fourth-order valence-electron chi connectivity index (χ4n) is 4.48. The zero-order chi connectivity index (χ0) is 27.7. The molecule has 0 aliphatic carbocycles. The molecule has 3 amide bonds. The molecule has 0 fully saturated rings. The van der Waals surface area contributed by atoms with Crippen molar-refractivity contribution in [3.8, 4) is 0 Å². The zero-order valence-electron chi connectivity index (χ0n) is 20.8. The molecule has 0 spiro atoms. The van der Waals surface area contributed by atoms with Gasteiger partial charge in [-0.3, -0.25) is 19.5 Å². The molecule has 39 heavy (non-hydrogen) atoms. The first kappa shape index (κ1) is 26.4. The predicted molar refractivity (Wildman–Crippen MR) is 139 cm³/mol. The Kier molecular flexibility index (Phi) is 7.38. The quantitative estimate of drug-likeness (QED) is 0.299. The Morgan fingerprint density at radius 3 is 2.67 bits per heavy atom. The van der Waals surface area contributed by atoms with E-state index in [0.717, 1.165) is 21.3 Å². The van der Waals surface area contributed by atoms with E-state index in [9.17, 15) is 27.6 Å². The fraction of sp³-hybridized carbons (Fsp3) is 0.259. The Labute approximate surface area is 225 Å². The summed E-state index contributed by atoms with van der Waals surface area (Å²) in [7, 11) is 0. The number of nitrogens with one attached hydrogen (secondary N) is 3. The number of halogens is 3. The Morgan fingerprint density at radius 2 is 1.87 bits per heavy atom. The minimum Gasteiger partial charge on any atom is -0.347 e. The van der Waals surface area contributed by atoms with Crippen LogP contribution in [0.15, 0.2) is 42.6 Å². The Balaban J connectivity index is 1.21. The van der Waals surface area contributed by atoms with Gasteiger partial charge in [-0.05, 0) is 48.7 Å². The lowest BCUT2D eigenvalue weighted by atomic mass is 10.1. The van der Waals surface area contributed by atoms with Crippen LogP contribution < -0.4 is 10.6 Å². The van der Waals surface area contributed by atoms with E-state index in [4.69, 9.17) is 0 Å². The van der Waals surface area contributed by atoms with Crippen LogP contribution in [0.25, 0.3) is 10.9 Å². The van der Waals surface area contributed by atoms with Crippen molar-refractivity contribution in [2.45, 2.75) is 38.9 Å². The summed E-state index contributed by atoms with van der Waals surface area (Å²) in [5, 5.41) is 12.9. The maximum absolute atomic E-state index is 13.9. The molecule has 8 nitrogen and oxygen atoms in total. The molecule has 0 unspecified atom stereocenters. The van der Waals surface area contributed by atoms with E-state index in [1.807, 2.05) is 6.92 Å². The summed E-state index contributed by atoms with van der Waals surface area (Å²) in [6.45, 7) is 2.23. The van der Waals surface area contributed by atoms with E-state index in [-0.39, 0.29) is 30.5 Å². The lowest BCUT2D eigenvalue weighted by Crippen LogP contribution is -2.49. The highest BCUT2D eigenvalue weighted by molar-refractivity contribution is 7.14. The van der Waals surface area contributed by atoms with Gasteiger partial charge in [-0.2, -0.15) is 5.10 Å². The third-order valence-electron chi connectivity index (χ3n) is 6.64. The monoisotopic (exact) mass is 555 g/mol. The number of hydrogen-bond acceptors (Lipinski definition) is 5. The third kappa shape index (κ3) is 5.51. The molecule has 2 aromatic heterocycles. The van der Waals surface area contributed by atoms with Gasteiger partial charge in [0.2, 0.25) is 5.91 Å². The van der Waals surface area contributed by atoms with Crippen LogP contribution in [-0.2, 0) is 24.3 Å². The predicted octanol–water partition coefficient (Wildman–Crippen LogP) is 4.07. The van der Waals surface area contributed by atoms with Crippen LogP contribution in [0.5, 0.6) is 0 Å². The van der Waals surface area contributed by atoms with Crippen molar-refractivity contribution in [3.63, 3.8) is 0 Å². The summed E-state index contributed by atoms with van der Waals surface area (Å²) in [6.07, 6.45) is 2.56. The number of fused-ring (bicyclic) bond motifs is 2. The molecule has 3 heterocycles. The molecule has 2 aromatic carbocycles. The van der Waals surface area contributed by atoms with E-state index in [0.29, 0.717) is 42.0 Å². The van der Waals surface area contributed by atoms with Gasteiger partial charge in [0.05, 0.1) is 16.6 Å². The number of H-pyrrole nitrogens is 1. The van der Waals surface area contributed by atoms with Gasteiger partial charge >= 0.3 is 0 Å². The number of carbonyl (C=O) groups excluding carboxylic acids is 3. The highest BCUT2D eigenvalue weighted by atomic mass is 32.1. The number of hydrogen-bond donors (Lipinski definition) is 3. The van der Waals surface area contributed by atoms with Gasteiger partial charge in [-0.1, -0.05) is 6.92 Å². The van der Waals surface area contributed by atoms with Crippen molar-refractivity contribution in [2.75, 3.05) is 6.54 Å². The average molecular weight is 556 g/mol. The number of aromatic amines is 1. The molecule has 202 valence electrons. The average Bonchev–Trinajstić information content (AvgIpc) is 3.58. The first-order valence-electron chi connectivity index (χ1n) is 12.3. The highest BCUT2D eigenvalue weighted by Gasteiger charge is 2.29. The number of rotatable bonds is 7. The summed E-state index contributed by atoms with van der Waals surface area (Å²) in [6, 6.07) is 7.24. The maximum Gasteiger partial charge on any atom is 0.261 e.